The van der Waals surface area contributed by atoms with E-state index < -0.39 is 12.3 Å². The van der Waals surface area contributed by atoms with Crippen LogP contribution in [0.5, 0.6) is 0 Å². The quantitative estimate of drug-likeness (QED) is 0.657. The van der Waals surface area contributed by atoms with Gasteiger partial charge < -0.3 is 0 Å². The molecule has 0 N–H and O–H groups in total. The molecule has 1 aromatic heterocycles. The van der Waals surface area contributed by atoms with Crippen molar-refractivity contribution in [3.8, 4) is 0 Å². The van der Waals surface area contributed by atoms with Gasteiger partial charge in [0.2, 0.25) is 0 Å². The lowest BCUT2D eigenvalue weighted by Crippen LogP contribution is -2.06. The molecule has 1 aliphatic carbocycles. The molecular weight excluding hydrogens is 174 g/mol. The van der Waals surface area contributed by atoms with E-state index in [0.29, 0.717) is 0 Å². The maximum absolute atomic E-state index is 12.8. The summed E-state index contributed by atoms with van der Waals surface area (Å²) in [5.41, 5.74) is 0.887. The van der Waals surface area contributed by atoms with E-state index in [1.165, 1.54) is 0 Å². The SMILES string of the molecule is Cc1ccn(C2CC(F)C(F)C2)n1. The molecule has 2 unspecified atom stereocenters. The topological polar surface area (TPSA) is 17.8 Å². The first-order valence-corrected chi connectivity index (χ1v) is 4.46. The maximum Gasteiger partial charge on any atom is 0.133 e. The smallest absolute Gasteiger partial charge is 0.133 e. The minimum absolute atomic E-state index is 0.0984. The van der Waals surface area contributed by atoms with Crippen molar-refractivity contribution in [3.05, 3.63) is 18.0 Å². The maximum atomic E-state index is 12.8. The molecule has 0 amide bonds. The lowest BCUT2D eigenvalue weighted by Gasteiger charge is -2.08. The molecule has 0 aliphatic heterocycles. The number of halogens is 2. The highest BCUT2D eigenvalue weighted by Gasteiger charge is 2.35. The van der Waals surface area contributed by atoms with Crippen molar-refractivity contribution in [3.63, 3.8) is 0 Å². The van der Waals surface area contributed by atoms with E-state index in [1.54, 1.807) is 10.9 Å². The summed E-state index contributed by atoms with van der Waals surface area (Å²) in [6.07, 6.45) is -0.334. The van der Waals surface area contributed by atoms with E-state index in [4.69, 9.17) is 0 Å². The summed E-state index contributed by atoms with van der Waals surface area (Å²) < 4.78 is 27.4. The van der Waals surface area contributed by atoms with E-state index in [2.05, 4.69) is 5.10 Å². The van der Waals surface area contributed by atoms with E-state index in [0.717, 1.165) is 5.69 Å². The normalized spacial score (nSPS) is 33.9. The number of nitrogens with zero attached hydrogens (tertiary/aromatic N) is 2. The first kappa shape index (κ1) is 8.66. The first-order valence-electron chi connectivity index (χ1n) is 4.46. The molecule has 13 heavy (non-hydrogen) atoms. The Bertz CT molecular complexity index is 288. The van der Waals surface area contributed by atoms with Crippen LogP contribution in [-0.4, -0.2) is 22.1 Å². The summed E-state index contributed by atoms with van der Waals surface area (Å²) in [5.74, 6) is 0. The number of rotatable bonds is 1. The largest absolute Gasteiger partial charge is 0.269 e. The summed E-state index contributed by atoms with van der Waals surface area (Å²) in [7, 11) is 0. The molecule has 0 radical (unpaired) electrons. The van der Waals surface area contributed by atoms with Gasteiger partial charge in [-0.25, -0.2) is 8.78 Å². The molecule has 2 atom stereocenters. The molecule has 1 heterocycles. The van der Waals surface area contributed by atoms with Crippen LogP contribution in [0.25, 0.3) is 0 Å². The van der Waals surface area contributed by atoms with Crippen molar-refractivity contribution >= 4 is 0 Å². The van der Waals surface area contributed by atoms with Crippen LogP contribution in [-0.2, 0) is 0 Å². The third-order valence-corrected chi connectivity index (χ3v) is 2.50. The van der Waals surface area contributed by atoms with Crippen molar-refractivity contribution in [1.82, 2.24) is 9.78 Å². The van der Waals surface area contributed by atoms with Crippen molar-refractivity contribution < 1.29 is 8.78 Å². The lowest BCUT2D eigenvalue weighted by atomic mass is 10.2. The fraction of sp³-hybridized carbons (Fsp3) is 0.667. The van der Waals surface area contributed by atoms with Gasteiger partial charge in [0.15, 0.2) is 0 Å². The number of alkyl halides is 2. The summed E-state index contributed by atoms with van der Waals surface area (Å²) in [4.78, 5) is 0. The van der Waals surface area contributed by atoms with Crippen molar-refractivity contribution in [2.75, 3.05) is 0 Å². The van der Waals surface area contributed by atoms with Crippen LogP contribution < -0.4 is 0 Å². The minimum Gasteiger partial charge on any atom is -0.269 e. The minimum atomic E-state index is -1.31. The predicted octanol–water partition coefficient (Wildman–Crippen LogP) is 2.20. The molecule has 1 saturated carbocycles. The molecule has 2 nitrogen and oxygen atoms in total. The van der Waals surface area contributed by atoms with Gasteiger partial charge in [0.1, 0.15) is 12.3 Å². The van der Waals surface area contributed by atoms with E-state index in [-0.39, 0.29) is 18.9 Å². The molecule has 4 heteroatoms. The monoisotopic (exact) mass is 186 g/mol. The average molecular weight is 186 g/mol. The summed E-state index contributed by atoms with van der Waals surface area (Å²) in [6, 6.07) is 1.75. The Labute approximate surface area is 75.6 Å². The molecule has 1 fully saturated rings. The van der Waals surface area contributed by atoms with Gasteiger partial charge in [-0.2, -0.15) is 5.10 Å². The zero-order valence-electron chi connectivity index (χ0n) is 7.45. The fourth-order valence-electron chi connectivity index (χ4n) is 1.76. The highest BCUT2D eigenvalue weighted by atomic mass is 19.2. The van der Waals surface area contributed by atoms with Crippen LogP contribution in [0.15, 0.2) is 12.3 Å². The van der Waals surface area contributed by atoms with Gasteiger partial charge in [-0.3, -0.25) is 4.68 Å². The Balaban J connectivity index is 2.11. The van der Waals surface area contributed by atoms with Gasteiger partial charge >= 0.3 is 0 Å². The number of hydrogen-bond donors (Lipinski definition) is 0. The Morgan fingerprint density at radius 3 is 2.46 bits per heavy atom. The predicted molar refractivity (Wildman–Crippen MR) is 45.0 cm³/mol. The summed E-state index contributed by atoms with van der Waals surface area (Å²) >= 11 is 0. The van der Waals surface area contributed by atoms with Crippen LogP contribution in [0, 0.1) is 6.92 Å². The standard InChI is InChI=1S/C9H12F2N2/c1-6-2-3-13(12-6)7-4-8(10)9(11)5-7/h2-3,7-9H,4-5H2,1H3. The Hall–Kier alpha value is -0.930. The second kappa shape index (κ2) is 3.09. The highest BCUT2D eigenvalue weighted by Crippen LogP contribution is 2.33. The molecule has 2 rings (SSSR count). The van der Waals surface area contributed by atoms with Gasteiger partial charge in [0.25, 0.3) is 0 Å². The molecule has 0 bridgehead atoms. The number of aryl methyl sites for hydroxylation is 1. The Kier molecular flexibility index (Phi) is 2.06. The van der Waals surface area contributed by atoms with E-state index in [9.17, 15) is 8.78 Å². The molecule has 0 aromatic carbocycles. The average Bonchev–Trinajstić information content (AvgIpc) is 2.61. The van der Waals surface area contributed by atoms with Crippen molar-refractivity contribution in [2.45, 2.75) is 38.2 Å². The third kappa shape index (κ3) is 1.57. The van der Waals surface area contributed by atoms with Crippen molar-refractivity contribution in [2.24, 2.45) is 0 Å². The molecule has 0 spiro atoms. The van der Waals surface area contributed by atoms with Crippen LogP contribution >= 0.6 is 0 Å². The Morgan fingerprint density at radius 1 is 1.38 bits per heavy atom. The zero-order chi connectivity index (χ0) is 9.42. The highest BCUT2D eigenvalue weighted by molar-refractivity contribution is 4.98. The first-order chi connectivity index (χ1) is 6.16. The molecule has 0 saturated heterocycles. The molecular formula is C9H12F2N2. The molecule has 1 aromatic rings. The third-order valence-electron chi connectivity index (χ3n) is 2.50. The van der Waals surface area contributed by atoms with Gasteiger partial charge in [-0.15, -0.1) is 0 Å². The zero-order valence-corrected chi connectivity index (χ0v) is 7.45. The van der Waals surface area contributed by atoms with E-state index in [1.807, 2.05) is 13.0 Å². The van der Waals surface area contributed by atoms with Gasteiger partial charge in [-0.05, 0) is 13.0 Å². The van der Waals surface area contributed by atoms with Crippen LogP contribution in [0.2, 0.25) is 0 Å². The number of aromatic nitrogens is 2. The molecule has 72 valence electrons. The fourth-order valence-corrected chi connectivity index (χ4v) is 1.76. The Morgan fingerprint density at radius 2 is 2.00 bits per heavy atom. The number of hydrogen-bond acceptors (Lipinski definition) is 1. The molecule has 1 aliphatic rings. The summed E-state index contributed by atoms with van der Waals surface area (Å²) in [6.45, 7) is 1.87. The lowest BCUT2D eigenvalue weighted by molar-refractivity contribution is 0.199. The van der Waals surface area contributed by atoms with Crippen LogP contribution in [0.1, 0.15) is 24.6 Å². The van der Waals surface area contributed by atoms with E-state index >= 15 is 0 Å². The summed E-state index contributed by atoms with van der Waals surface area (Å²) in [5, 5.41) is 4.14. The van der Waals surface area contributed by atoms with Gasteiger partial charge in [0, 0.05) is 19.0 Å². The van der Waals surface area contributed by atoms with Gasteiger partial charge in [0.05, 0.1) is 11.7 Å². The van der Waals surface area contributed by atoms with Crippen LogP contribution in [0.4, 0.5) is 8.78 Å². The van der Waals surface area contributed by atoms with Crippen LogP contribution in [0.3, 0.4) is 0 Å². The van der Waals surface area contributed by atoms with Crippen molar-refractivity contribution in [1.29, 1.82) is 0 Å². The van der Waals surface area contributed by atoms with Gasteiger partial charge in [-0.1, -0.05) is 0 Å². The second-order valence-corrected chi connectivity index (χ2v) is 3.59. The second-order valence-electron chi connectivity index (χ2n) is 3.59.